The van der Waals surface area contributed by atoms with Crippen LogP contribution in [0.4, 0.5) is 19.0 Å². The maximum Gasteiger partial charge on any atom is 0.390 e. The molecule has 130 valence electrons. The van der Waals surface area contributed by atoms with Crippen LogP contribution in [0, 0.1) is 0 Å². The number of halogens is 3. The van der Waals surface area contributed by atoms with E-state index in [2.05, 4.69) is 14.9 Å². The number of aromatic nitrogens is 2. The standard InChI is InChI=1S/C15H23F3N4O/c1-3-23-14-10-13(19-11-20-14)21(2)12-4-7-22(8-5-12)9-6-15(16,17)18/h10-12H,3-9H2,1-2H3. The van der Waals surface area contributed by atoms with Crippen LogP contribution < -0.4 is 9.64 Å². The largest absolute Gasteiger partial charge is 0.478 e. The van der Waals surface area contributed by atoms with Gasteiger partial charge >= 0.3 is 6.18 Å². The summed E-state index contributed by atoms with van der Waals surface area (Å²) in [5, 5.41) is 0. The highest BCUT2D eigenvalue weighted by Crippen LogP contribution is 2.24. The Morgan fingerprint density at radius 3 is 2.61 bits per heavy atom. The number of piperidine rings is 1. The number of rotatable bonds is 6. The first-order valence-corrected chi connectivity index (χ1v) is 7.86. The van der Waals surface area contributed by atoms with E-state index in [-0.39, 0.29) is 12.6 Å². The number of anilines is 1. The van der Waals surface area contributed by atoms with Gasteiger partial charge in [0.1, 0.15) is 12.1 Å². The zero-order chi connectivity index (χ0) is 16.9. The van der Waals surface area contributed by atoms with E-state index in [1.54, 1.807) is 6.07 Å². The van der Waals surface area contributed by atoms with Crippen LogP contribution in [0.25, 0.3) is 0 Å². The van der Waals surface area contributed by atoms with E-state index < -0.39 is 12.6 Å². The Morgan fingerprint density at radius 1 is 1.30 bits per heavy atom. The maximum atomic E-state index is 12.3. The van der Waals surface area contributed by atoms with Gasteiger partial charge in [-0.2, -0.15) is 13.2 Å². The van der Waals surface area contributed by atoms with Crippen LogP contribution in [0.2, 0.25) is 0 Å². The molecule has 0 atom stereocenters. The summed E-state index contributed by atoms with van der Waals surface area (Å²) in [6, 6.07) is 2.06. The van der Waals surface area contributed by atoms with E-state index in [1.807, 2.05) is 18.9 Å². The lowest BCUT2D eigenvalue weighted by molar-refractivity contribution is -0.138. The smallest absolute Gasteiger partial charge is 0.390 e. The molecule has 1 aliphatic heterocycles. The minimum atomic E-state index is -4.08. The Hall–Kier alpha value is -1.57. The van der Waals surface area contributed by atoms with Gasteiger partial charge in [0, 0.05) is 38.8 Å². The molecule has 0 saturated carbocycles. The number of nitrogens with zero attached hydrogens (tertiary/aromatic N) is 4. The van der Waals surface area contributed by atoms with Crippen LogP contribution in [0.1, 0.15) is 26.2 Å². The molecule has 0 N–H and O–H groups in total. The molecule has 23 heavy (non-hydrogen) atoms. The van der Waals surface area contributed by atoms with Crippen molar-refractivity contribution in [2.45, 2.75) is 38.4 Å². The number of ether oxygens (including phenoxy) is 1. The van der Waals surface area contributed by atoms with Gasteiger partial charge in [-0.05, 0) is 19.8 Å². The Kier molecular flexibility index (Phi) is 6.04. The topological polar surface area (TPSA) is 41.5 Å². The highest BCUT2D eigenvalue weighted by molar-refractivity contribution is 5.41. The van der Waals surface area contributed by atoms with Gasteiger partial charge in [0.15, 0.2) is 0 Å². The molecule has 1 fully saturated rings. The van der Waals surface area contributed by atoms with Crippen molar-refractivity contribution in [3.63, 3.8) is 0 Å². The fourth-order valence-electron chi connectivity index (χ4n) is 2.75. The average Bonchev–Trinajstić information content (AvgIpc) is 2.53. The Morgan fingerprint density at radius 2 is 2.00 bits per heavy atom. The summed E-state index contributed by atoms with van der Waals surface area (Å²) in [5.41, 5.74) is 0. The van der Waals surface area contributed by atoms with Crippen molar-refractivity contribution >= 4 is 5.82 Å². The van der Waals surface area contributed by atoms with Gasteiger partial charge in [0.2, 0.25) is 5.88 Å². The molecule has 0 aromatic carbocycles. The third kappa shape index (κ3) is 5.53. The van der Waals surface area contributed by atoms with E-state index in [0.29, 0.717) is 25.6 Å². The van der Waals surface area contributed by atoms with Gasteiger partial charge in [0.25, 0.3) is 0 Å². The summed E-state index contributed by atoms with van der Waals surface area (Å²) in [6.07, 6.45) is -1.71. The third-order valence-corrected chi connectivity index (χ3v) is 4.10. The van der Waals surface area contributed by atoms with E-state index in [1.165, 1.54) is 6.33 Å². The summed E-state index contributed by atoms with van der Waals surface area (Å²) < 4.78 is 42.2. The zero-order valence-corrected chi connectivity index (χ0v) is 13.5. The molecule has 1 aromatic heterocycles. The Bertz CT molecular complexity index is 490. The van der Waals surface area contributed by atoms with Gasteiger partial charge < -0.3 is 14.5 Å². The number of likely N-dealkylation sites (tertiary alicyclic amines) is 1. The predicted octanol–water partition coefficient (Wildman–Crippen LogP) is 2.73. The second kappa shape index (κ2) is 7.81. The van der Waals surface area contributed by atoms with Crippen LogP contribution in [0.15, 0.2) is 12.4 Å². The first-order valence-electron chi connectivity index (χ1n) is 7.86. The molecule has 0 unspecified atom stereocenters. The van der Waals surface area contributed by atoms with Crippen LogP contribution in [0.5, 0.6) is 5.88 Å². The molecule has 0 amide bonds. The van der Waals surface area contributed by atoms with Crippen molar-refractivity contribution in [1.29, 1.82) is 0 Å². The quantitative estimate of drug-likeness (QED) is 0.801. The monoisotopic (exact) mass is 332 g/mol. The third-order valence-electron chi connectivity index (χ3n) is 4.10. The fraction of sp³-hybridized carbons (Fsp3) is 0.733. The molecule has 0 spiro atoms. The predicted molar refractivity (Wildman–Crippen MR) is 81.7 cm³/mol. The highest BCUT2D eigenvalue weighted by Gasteiger charge is 2.30. The molecule has 0 bridgehead atoms. The fourth-order valence-corrected chi connectivity index (χ4v) is 2.75. The summed E-state index contributed by atoms with van der Waals surface area (Å²) in [4.78, 5) is 12.2. The minimum absolute atomic E-state index is 0.0852. The molecule has 8 heteroatoms. The van der Waals surface area contributed by atoms with E-state index >= 15 is 0 Å². The molecule has 2 rings (SSSR count). The molecule has 2 heterocycles. The summed E-state index contributed by atoms with van der Waals surface area (Å²) in [6.45, 7) is 3.87. The van der Waals surface area contributed by atoms with Gasteiger partial charge in [0.05, 0.1) is 13.0 Å². The second-order valence-electron chi connectivity index (χ2n) is 5.70. The highest BCUT2D eigenvalue weighted by atomic mass is 19.4. The summed E-state index contributed by atoms with van der Waals surface area (Å²) in [7, 11) is 1.95. The van der Waals surface area contributed by atoms with E-state index in [0.717, 1.165) is 18.7 Å². The first-order chi connectivity index (χ1) is 10.9. The van der Waals surface area contributed by atoms with Crippen LogP contribution in [0.3, 0.4) is 0 Å². The lowest BCUT2D eigenvalue weighted by atomic mass is 10.0. The van der Waals surface area contributed by atoms with Crippen molar-refractivity contribution in [3.05, 3.63) is 12.4 Å². The normalized spacial score (nSPS) is 17.3. The lowest BCUT2D eigenvalue weighted by Crippen LogP contribution is -2.44. The summed E-state index contributed by atoms with van der Waals surface area (Å²) >= 11 is 0. The number of hydrogen-bond acceptors (Lipinski definition) is 5. The van der Waals surface area contributed by atoms with E-state index in [9.17, 15) is 13.2 Å². The van der Waals surface area contributed by atoms with Crippen LogP contribution in [-0.4, -0.2) is 60.4 Å². The second-order valence-corrected chi connectivity index (χ2v) is 5.70. The molecule has 1 aromatic rings. The molecular weight excluding hydrogens is 309 g/mol. The van der Waals surface area contributed by atoms with Crippen molar-refractivity contribution in [2.75, 3.05) is 38.2 Å². The summed E-state index contributed by atoms with van der Waals surface area (Å²) in [5.74, 6) is 1.31. The molecular formula is C15H23F3N4O. The first kappa shape index (κ1) is 17.8. The number of hydrogen-bond donors (Lipinski definition) is 0. The SMILES string of the molecule is CCOc1cc(N(C)C2CCN(CCC(F)(F)F)CC2)ncn1. The van der Waals surface area contributed by atoms with Gasteiger partial charge in [-0.1, -0.05) is 0 Å². The van der Waals surface area contributed by atoms with Gasteiger partial charge in [-0.3, -0.25) is 0 Å². The molecule has 5 nitrogen and oxygen atoms in total. The van der Waals surface area contributed by atoms with Crippen molar-refractivity contribution in [3.8, 4) is 5.88 Å². The van der Waals surface area contributed by atoms with Gasteiger partial charge in [-0.15, -0.1) is 0 Å². The van der Waals surface area contributed by atoms with Gasteiger partial charge in [-0.25, -0.2) is 9.97 Å². The Balaban J connectivity index is 1.86. The molecule has 1 aliphatic rings. The Labute approximate surface area is 134 Å². The van der Waals surface area contributed by atoms with Crippen molar-refractivity contribution < 1.29 is 17.9 Å². The molecule has 0 radical (unpaired) electrons. The zero-order valence-electron chi connectivity index (χ0n) is 13.5. The van der Waals surface area contributed by atoms with Crippen molar-refractivity contribution in [2.24, 2.45) is 0 Å². The number of alkyl halides is 3. The minimum Gasteiger partial charge on any atom is -0.478 e. The van der Waals surface area contributed by atoms with E-state index in [4.69, 9.17) is 4.74 Å². The van der Waals surface area contributed by atoms with Crippen LogP contribution in [-0.2, 0) is 0 Å². The maximum absolute atomic E-state index is 12.3. The van der Waals surface area contributed by atoms with Crippen LogP contribution >= 0.6 is 0 Å². The van der Waals surface area contributed by atoms with Crippen molar-refractivity contribution in [1.82, 2.24) is 14.9 Å². The average molecular weight is 332 g/mol. The lowest BCUT2D eigenvalue weighted by Gasteiger charge is -2.37. The molecule has 1 saturated heterocycles. The molecule has 0 aliphatic carbocycles.